The summed E-state index contributed by atoms with van der Waals surface area (Å²) in [6.07, 6.45) is 0. The summed E-state index contributed by atoms with van der Waals surface area (Å²) in [7, 11) is -1.67. The van der Waals surface area contributed by atoms with Gasteiger partial charge in [0.25, 0.3) is 0 Å². The van der Waals surface area contributed by atoms with E-state index in [1.807, 2.05) is 0 Å². The Morgan fingerprint density at radius 3 is 1.50 bits per heavy atom. The highest BCUT2D eigenvalue weighted by atomic mass is 19.1. The Hall–Kier alpha value is -0.0851. The fraction of sp³-hybridized carbons (Fsp3) is 0. The lowest BCUT2D eigenvalue weighted by Gasteiger charge is -1.68. The monoisotopic (exact) mass is 62.0 g/mol. The van der Waals surface area contributed by atoms with Crippen LogP contribution in [0.2, 0.25) is 0 Å². The molecule has 0 radical (unpaired) electrons. The first kappa shape index (κ1) is 3.91. The molecule has 4 N–H and O–H groups in total. The number of nitrogens with two attached hydrogens (primary N) is 2. The van der Waals surface area contributed by atoms with Gasteiger partial charge in [0.15, 0.2) is 0 Å². The molecule has 0 unspecified atom stereocenters. The van der Waals surface area contributed by atoms with Gasteiger partial charge in [-0.05, 0) is 0 Å². The Bertz CT molecular complexity index is 10.8. The highest BCUT2D eigenvalue weighted by Crippen LogP contribution is 1.43. The largest absolute Gasteiger partial charge is 0.509 e. The molecule has 0 fully saturated rings. The average molecular weight is 61.9 g/mol. The molecule has 0 aliphatic rings. The van der Waals surface area contributed by atoms with Gasteiger partial charge in [-0.15, -0.1) is 0 Å². The third-order valence-corrected chi connectivity index (χ3v) is 0. The van der Waals surface area contributed by atoms with E-state index in [0.717, 1.165) is 0 Å². The highest BCUT2D eigenvalue weighted by Gasteiger charge is 1.88. The Morgan fingerprint density at radius 1 is 1.50 bits per heavy atom. The van der Waals surface area contributed by atoms with Gasteiger partial charge in [0.2, 0.25) is 0 Å². The van der Waals surface area contributed by atoms with Crippen LogP contribution in [-0.2, 0) is 0 Å². The summed E-state index contributed by atoms with van der Waals surface area (Å²) in [5, 5.41) is 0. The van der Waals surface area contributed by atoms with Crippen molar-refractivity contribution in [3.8, 4) is 0 Å². The summed E-state index contributed by atoms with van der Waals surface area (Å²) in [4.78, 5) is 0. The van der Waals surface area contributed by atoms with Crippen molar-refractivity contribution < 1.29 is 4.32 Å². The van der Waals surface area contributed by atoms with Crippen molar-refractivity contribution in [1.29, 1.82) is 0 Å². The minimum Gasteiger partial charge on any atom is -0.326 e. The number of rotatable bonds is 0. The Balaban J connectivity index is 2.32. The smallest absolute Gasteiger partial charge is 0.326 e. The summed E-state index contributed by atoms with van der Waals surface area (Å²) < 4.78 is 10.6. The molecule has 2 nitrogen and oxygen atoms in total. The summed E-state index contributed by atoms with van der Waals surface area (Å²) in [5.41, 5.74) is 8.44. The summed E-state index contributed by atoms with van der Waals surface area (Å²) in [6.45, 7) is 0. The maximum Gasteiger partial charge on any atom is 0.509 e. The van der Waals surface area contributed by atoms with Crippen molar-refractivity contribution in [3.05, 3.63) is 0 Å². The molecule has 0 aromatic rings. The Labute approximate surface area is 24.1 Å². The number of hydrogen-bond donors (Lipinski definition) is 2. The summed E-state index contributed by atoms with van der Waals surface area (Å²) in [6, 6.07) is 0. The van der Waals surface area contributed by atoms with Crippen molar-refractivity contribution >= 4 is 7.26 Å². The predicted molar refractivity (Wildman–Crippen MR) is 15.2 cm³/mol. The van der Waals surface area contributed by atoms with Crippen LogP contribution in [0.3, 0.4) is 0 Å². The molecule has 0 saturated carbocycles. The van der Waals surface area contributed by atoms with Crippen LogP contribution in [0, 0.1) is 0 Å². The van der Waals surface area contributed by atoms with Gasteiger partial charge in [0.05, 0.1) is 0 Å². The van der Waals surface area contributed by atoms with Crippen LogP contribution in [0.1, 0.15) is 0 Å². The second kappa shape index (κ2) is 1.26. The van der Waals surface area contributed by atoms with E-state index in [9.17, 15) is 4.32 Å². The van der Waals surface area contributed by atoms with Crippen LogP contribution in [0.5, 0.6) is 0 Å². The van der Waals surface area contributed by atoms with Crippen LogP contribution in [-0.4, -0.2) is 7.26 Å². The maximum atomic E-state index is 10.6. The molecule has 4 heavy (non-hydrogen) atoms. The standard InChI is InChI=1S/BFH4N2/c2-1(3)4/h3-4H2. The second-order valence-electron chi connectivity index (χ2n) is 0.444. The zero-order valence-corrected chi connectivity index (χ0v) is 2.11. The van der Waals surface area contributed by atoms with Gasteiger partial charge in [-0.1, -0.05) is 0 Å². The quantitative estimate of drug-likeness (QED) is 0.348. The fourth-order valence-electron chi connectivity index (χ4n) is 0. The van der Waals surface area contributed by atoms with Crippen molar-refractivity contribution in [2.45, 2.75) is 0 Å². The van der Waals surface area contributed by atoms with Crippen molar-refractivity contribution in [3.63, 3.8) is 0 Å². The van der Waals surface area contributed by atoms with Crippen LogP contribution >= 0.6 is 0 Å². The molecule has 0 aliphatic carbocycles. The molecule has 0 saturated heterocycles. The van der Waals surface area contributed by atoms with E-state index in [1.54, 1.807) is 0 Å². The van der Waals surface area contributed by atoms with E-state index in [2.05, 4.69) is 11.3 Å². The van der Waals surface area contributed by atoms with Crippen LogP contribution < -0.4 is 11.3 Å². The van der Waals surface area contributed by atoms with Crippen molar-refractivity contribution in [2.24, 2.45) is 11.3 Å². The van der Waals surface area contributed by atoms with Crippen molar-refractivity contribution in [2.75, 3.05) is 0 Å². The lowest BCUT2D eigenvalue weighted by atomic mass is 10.2. The molecule has 0 bridgehead atoms. The van der Waals surface area contributed by atoms with Gasteiger partial charge in [0, 0.05) is 0 Å². The van der Waals surface area contributed by atoms with E-state index in [-0.39, 0.29) is 0 Å². The molecule has 0 heterocycles. The van der Waals surface area contributed by atoms with Gasteiger partial charge in [-0.25, -0.2) is 0 Å². The first-order valence-corrected chi connectivity index (χ1v) is 0.885. The molecule has 0 rings (SSSR count). The van der Waals surface area contributed by atoms with Crippen LogP contribution in [0.4, 0.5) is 4.32 Å². The molecule has 0 aliphatic heterocycles. The lowest BCUT2D eigenvalue weighted by molar-refractivity contribution is 0.826. The third-order valence-electron chi connectivity index (χ3n) is 0. The first-order chi connectivity index (χ1) is 1.73. The average Bonchev–Trinajstić information content (AvgIpc) is 0.811. The molecule has 0 amide bonds. The maximum absolute atomic E-state index is 10.6. The molecular weight excluding hydrogens is 57.8 g/mol. The molecule has 24 valence electrons. The van der Waals surface area contributed by atoms with Gasteiger partial charge in [-0.2, -0.15) is 0 Å². The Kier molecular flexibility index (Phi) is 1.23. The topological polar surface area (TPSA) is 52.0 Å². The van der Waals surface area contributed by atoms with E-state index in [0.29, 0.717) is 0 Å². The zero-order valence-electron chi connectivity index (χ0n) is 2.11. The number of hydrogen-bond acceptors (Lipinski definition) is 2. The van der Waals surface area contributed by atoms with E-state index in [4.69, 9.17) is 0 Å². The molecule has 4 heteroatoms. The van der Waals surface area contributed by atoms with Gasteiger partial charge < -0.3 is 11.3 Å². The highest BCUT2D eigenvalue weighted by molar-refractivity contribution is 6.42. The lowest BCUT2D eigenvalue weighted by Crippen LogP contribution is -2.30. The van der Waals surface area contributed by atoms with E-state index in [1.165, 1.54) is 0 Å². The zero-order chi connectivity index (χ0) is 3.58. The Morgan fingerprint density at radius 2 is 1.50 bits per heavy atom. The SMILES string of the molecule is NB(N)F. The van der Waals surface area contributed by atoms with Gasteiger partial charge in [0.1, 0.15) is 0 Å². The van der Waals surface area contributed by atoms with E-state index >= 15 is 0 Å². The molecule has 0 atom stereocenters. The molecular formula is H4BFN2. The third kappa shape index (κ3) is 222. The summed E-state index contributed by atoms with van der Waals surface area (Å²) >= 11 is 0. The summed E-state index contributed by atoms with van der Waals surface area (Å²) in [5.74, 6) is 0. The van der Waals surface area contributed by atoms with E-state index < -0.39 is 7.26 Å². The number of halogens is 1. The van der Waals surface area contributed by atoms with Crippen LogP contribution in [0.15, 0.2) is 0 Å². The first-order valence-electron chi connectivity index (χ1n) is 0.885. The fourth-order valence-corrected chi connectivity index (χ4v) is 0. The predicted octanol–water partition coefficient (Wildman–Crippen LogP) is -1.14. The normalized spacial score (nSPS) is 6.75. The van der Waals surface area contributed by atoms with Crippen LogP contribution in [0.25, 0.3) is 0 Å². The minimum atomic E-state index is -1.67. The molecule has 0 aromatic carbocycles. The van der Waals surface area contributed by atoms with Gasteiger partial charge in [-0.3, -0.25) is 4.32 Å². The minimum absolute atomic E-state index is 1.67. The molecule has 0 spiro atoms. The van der Waals surface area contributed by atoms with Gasteiger partial charge >= 0.3 is 7.26 Å². The van der Waals surface area contributed by atoms with Crippen molar-refractivity contribution in [1.82, 2.24) is 0 Å². The molecule has 0 aromatic heterocycles. The second-order valence-corrected chi connectivity index (χ2v) is 0.444.